The Hall–Kier alpha value is -1.44. The van der Waals surface area contributed by atoms with E-state index < -0.39 is 42.6 Å². The summed E-state index contributed by atoms with van der Waals surface area (Å²) in [5.41, 5.74) is -1.32. The number of aliphatic hydroxyl groups is 1. The Kier molecular flexibility index (Phi) is 3.63. The maximum atomic E-state index is 13.0. The minimum Gasteiger partial charge on any atom is -0.405 e. The van der Waals surface area contributed by atoms with Crippen LogP contribution in [0.25, 0.3) is 0 Å². The summed E-state index contributed by atoms with van der Waals surface area (Å²) in [7, 11) is 0. The third-order valence-corrected chi connectivity index (χ3v) is 1.61. The van der Waals surface area contributed by atoms with Gasteiger partial charge in [0.15, 0.2) is 0 Å². The fraction of sp³-hybridized carbons (Fsp3) is 0.375. The van der Waals surface area contributed by atoms with Gasteiger partial charge in [0.2, 0.25) is 5.95 Å². The molecule has 0 bridgehead atoms. The first-order valence-corrected chi connectivity index (χ1v) is 3.98. The van der Waals surface area contributed by atoms with Crippen molar-refractivity contribution >= 4 is 0 Å². The summed E-state index contributed by atoms with van der Waals surface area (Å²) < 4.78 is 64.2. The number of nitrogens with zero attached hydrogens (tertiary/aromatic N) is 1. The molecule has 0 aliphatic heterocycles. The van der Waals surface area contributed by atoms with Gasteiger partial charge >= 0.3 is 6.36 Å². The summed E-state index contributed by atoms with van der Waals surface area (Å²) in [5.74, 6) is -2.38. The Morgan fingerprint density at radius 1 is 1.38 bits per heavy atom. The molecule has 1 heterocycles. The van der Waals surface area contributed by atoms with Gasteiger partial charge in [-0.05, 0) is 0 Å². The van der Waals surface area contributed by atoms with E-state index in [1.54, 1.807) is 0 Å². The third-order valence-electron chi connectivity index (χ3n) is 1.61. The lowest BCUT2D eigenvalue weighted by atomic mass is 10.2. The van der Waals surface area contributed by atoms with Crippen molar-refractivity contribution in [3.8, 4) is 5.75 Å². The molecule has 1 aromatic heterocycles. The summed E-state index contributed by atoms with van der Waals surface area (Å²) in [4.78, 5) is 3.00. The van der Waals surface area contributed by atoms with Crippen LogP contribution in [0.15, 0.2) is 6.07 Å². The Morgan fingerprint density at radius 3 is 2.44 bits per heavy atom. The molecule has 1 N–H and O–H groups in total. The Bertz CT molecular complexity index is 379. The molecule has 0 fully saturated rings. The fourth-order valence-corrected chi connectivity index (χ4v) is 0.993. The zero-order chi connectivity index (χ0) is 12.3. The second-order valence-corrected chi connectivity index (χ2v) is 2.72. The highest BCUT2D eigenvalue weighted by molar-refractivity contribution is 5.33. The molecule has 0 saturated carbocycles. The zero-order valence-electron chi connectivity index (χ0n) is 7.68. The number of pyridine rings is 1. The van der Waals surface area contributed by atoms with Crippen LogP contribution in [-0.4, -0.2) is 16.5 Å². The van der Waals surface area contributed by atoms with E-state index >= 15 is 0 Å². The maximum Gasteiger partial charge on any atom is 0.573 e. The average Bonchev–Trinajstić information content (AvgIpc) is 2.14. The van der Waals surface area contributed by atoms with Crippen LogP contribution in [0.1, 0.15) is 11.3 Å². The van der Waals surface area contributed by atoms with Gasteiger partial charge < -0.3 is 9.84 Å². The highest BCUT2D eigenvalue weighted by atomic mass is 19.4. The third kappa shape index (κ3) is 3.02. The Balaban J connectivity index is 3.18. The average molecular weight is 243 g/mol. The molecule has 0 aliphatic carbocycles. The fourth-order valence-electron chi connectivity index (χ4n) is 0.993. The molecule has 0 unspecified atom stereocenters. The summed E-state index contributed by atoms with van der Waals surface area (Å²) in [6.07, 6.45) is -5.05. The first-order valence-electron chi connectivity index (χ1n) is 3.98. The van der Waals surface area contributed by atoms with E-state index in [0.717, 1.165) is 0 Å². The quantitative estimate of drug-likeness (QED) is 0.652. The van der Waals surface area contributed by atoms with E-state index in [2.05, 4.69) is 9.72 Å². The Morgan fingerprint density at radius 2 is 2.00 bits per heavy atom. The van der Waals surface area contributed by atoms with Crippen LogP contribution in [0.4, 0.5) is 22.0 Å². The smallest absolute Gasteiger partial charge is 0.405 e. The monoisotopic (exact) mass is 243 g/mol. The molecule has 0 aromatic carbocycles. The van der Waals surface area contributed by atoms with E-state index in [1.165, 1.54) is 0 Å². The molecule has 1 rings (SSSR count). The summed E-state index contributed by atoms with van der Waals surface area (Å²) in [5, 5.41) is 8.64. The van der Waals surface area contributed by atoms with Crippen LogP contribution < -0.4 is 4.74 Å². The molecule has 1 aromatic rings. The van der Waals surface area contributed by atoms with Crippen molar-refractivity contribution in [2.45, 2.75) is 19.6 Å². The minimum atomic E-state index is -5.05. The topological polar surface area (TPSA) is 42.4 Å². The number of halogens is 5. The van der Waals surface area contributed by atoms with Gasteiger partial charge in [-0.1, -0.05) is 0 Å². The van der Waals surface area contributed by atoms with E-state index in [4.69, 9.17) is 5.11 Å². The predicted octanol–water partition coefficient (Wildman–Crippen LogP) is 2.08. The van der Waals surface area contributed by atoms with Gasteiger partial charge in [-0.25, -0.2) is 9.37 Å². The van der Waals surface area contributed by atoms with Gasteiger partial charge in [0, 0.05) is 6.07 Å². The molecule has 0 atom stereocenters. The zero-order valence-corrected chi connectivity index (χ0v) is 7.68. The number of hydrogen-bond acceptors (Lipinski definition) is 3. The second-order valence-electron chi connectivity index (χ2n) is 2.72. The molecule has 0 spiro atoms. The van der Waals surface area contributed by atoms with E-state index in [0.29, 0.717) is 6.07 Å². The van der Waals surface area contributed by atoms with Crippen molar-refractivity contribution in [3.63, 3.8) is 0 Å². The highest BCUT2D eigenvalue weighted by Gasteiger charge is 2.33. The lowest BCUT2D eigenvalue weighted by Crippen LogP contribution is -2.19. The molecule has 90 valence electrons. The van der Waals surface area contributed by atoms with Gasteiger partial charge in [0.1, 0.15) is 12.4 Å². The first-order chi connectivity index (χ1) is 7.37. The maximum absolute atomic E-state index is 13.0. The standard InChI is InChI=1S/C8H6F5NO2/c9-2-4-1-6(16-8(11,12)13)5(3-15)7(10)14-4/h1,15H,2-3H2. The van der Waals surface area contributed by atoms with Crippen LogP contribution in [0.3, 0.4) is 0 Å². The SMILES string of the molecule is OCc1c(OC(F)(F)F)cc(CF)nc1F. The van der Waals surface area contributed by atoms with E-state index in [9.17, 15) is 22.0 Å². The molecule has 16 heavy (non-hydrogen) atoms. The van der Waals surface area contributed by atoms with Crippen molar-refractivity contribution in [1.29, 1.82) is 0 Å². The minimum absolute atomic E-state index is 0.547. The van der Waals surface area contributed by atoms with Crippen LogP contribution in [0, 0.1) is 5.95 Å². The number of aliphatic hydroxyl groups excluding tert-OH is 1. The number of ether oxygens (including phenoxy) is 1. The van der Waals surface area contributed by atoms with E-state index in [1.807, 2.05) is 0 Å². The molecule has 0 saturated heterocycles. The number of rotatable bonds is 3. The summed E-state index contributed by atoms with van der Waals surface area (Å²) in [6, 6.07) is 0.585. The predicted molar refractivity (Wildman–Crippen MR) is 41.6 cm³/mol. The van der Waals surface area contributed by atoms with Gasteiger partial charge in [0.05, 0.1) is 17.9 Å². The number of alkyl halides is 4. The number of aromatic nitrogens is 1. The lowest BCUT2D eigenvalue weighted by molar-refractivity contribution is -0.275. The van der Waals surface area contributed by atoms with Crippen molar-refractivity contribution in [1.82, 2.24) is 4.98 Å². The molecule has 0 aliphatic rings. The van der Waals surface area contributed by atoms with Crippen LogP contribution in [0.5, 0.6) is 5.75 Å². The van der Waals surface area contributed by atoms with Gasteiger partial charge in [-0.15, -0.1) is 13.2 Å². The first kappa shape index (κ1) is 12.6. The van der Waals surface area contributed by atoms with Gasteiger partial charge in [-0.3, -0.25) is 0 Å². The van der Waals surface area contributed by atoms with Crippen molar-refractivity contribution in [2.75, 3.05) is 0 Å². The molecule has 8 heteroatoms. The molecule has 0 amide bonds. The number of hydrogen-bond donors (Lipinski definition) is 1. The molecule has 3 nitrogen and oxygen atoms in total. The van der Waals surface area contributed by atoms with Crippen LogP contribution in [-0.2, 0) is 13.3 Å². The second kappa shape index (κ2) is 4.60. The van der Waals surface area contributed by atoms with Crippen molar-refractivity contribution < 1.29 is 31.8 Å². The van der Waals surface area contributed by atoms with Crippen LogP contribution >= 0.6 is 0 Å². The molecule has 0 radical (unpaired) electrons. The molecular formula is C8H6F5NO2. The largest absolute Gasteiger partial charge is 0.573 e. The summed E-state index contributed by atoms with van der Waals surface area (Å²) >= 11 is 0. The van der Waals surface area contributed by atoms with Crippen molar-refractivity contribution in [2.24, 2.45) is 0 Å². The van der Waals surface area contributed by atoms with Crippen molar-refractivity contribution in [3.05, 3.63) is 23.3 Å². The van der Waals surface area contributed by atoms with Gasteiger partial charge in [-0.2, -0.15) is 4.39 Å². The molecular weight excluding hydrogens is 237 g/mol. The highest BCUT2D eigenvalue weighted by Crippen LogP contribution is 2.28. The summed E-state index contributed by atoms with van der Waals surface area (Å²) in [6.45, 7) is -2.27. The van der Waals surface area contributed by atoms with Gasteiger partial charge in [0.25, 0.3) is 0 Å². The normalized spacial score (nSPS) is 11.6. The van der Waals surface area contributed by atoms with Crippen LogP contribution in [0.2, 0.25) is 0 Å². The lowest BCUT2D eigenvalue weighted by Gasteiger charge is -2.13. The Labute approximate surface area is 86.5 Å². The van der Waals surface area contributed by atoms with E-state index in [-0.39, 0.29) is 0 Å².